The van der Waals surface area contributed by atoms with Crippen LogP contribution in [0.4, 0.5) is 0 Å². The molecular formula is C49H31NS2. The van der Waals surface area contributed by atoms with Gasteiger partial charge in [-0.25, -0.2) is 0 Å². The van der Waals surface area contributed by atoms with Crippen LogP contribution in [0.25, 0.3) is 49.7 Å². The Morgan fingerprint density at radius 1 is 0.385 bits per heavy atom. The van der Waals surface area contributed by atoms with Crippen molar-refractivity contribution in [2.45, 2.75) is 25.0 Å². The molecule has 0 N–H and O–H groups in total. The summed E-state index contributed by atoms with van der Waals surface area (Å²) in [5.74, 6) is 0. The second kappa shape index (κ2) is 11.6. The molecule has 0 saturated carbocycles. The second-order valence-electron chi connectivity index (χ2n) is 13.6. The number of fused-ring (bicyclic) bond motifs is 11. The first-order chi connectivity index (χ1) is 25.8. The monoisotopic (exact) mass is 697 g/mol. The number of hydrogen-bond donors (Lipinski definition) is 0. The van der Waals surface area contributed by atoms with Crippen LogP contribution in [0.2, 0.25) is 0 Å². The molecule has 1 atom stereocenters. The molecule has 2 aliphatic rings. The summed E-state index contributed by atoms with van der Waals surface area (Å²) >= 11 is 3.82. The SMILES string of the molecule is c1ccc(-c2cccc3c2C2(c4ccccc4S3)c3ccccc3Sc3c(-c4ccc5c6ccccc6n(-c6ccccc6)c5c4)cccc32)cc1. The van der Waals surface area contributed by atoms with Gasteiger partial charge in [0.1, 0.15) is 0 Å². The maximum Gasteiger partial charge on any atom is 0.0751 e. The molecule has 0 amide bonds. The third-order valence-electron chi connectivity index (χ3n) is 10.9. The Balaban J connectivity index is 1.24. The highest BCUT2D eigenvalue weighted by Gasteiger charge is 2.50. The summed E-state index contributed by atoms with van der Waals surface area (Å²) in [4.78, 5) is 5.25. The Bertz CT molecular complexity index is 2840. The molecule has 1 nitrogen and oxygen atoms in total. The van der Waals surface area contributed by atoms with Crippen molar-refractivity contribution >= 4 is 45.3 Å². The van der Waals surface area contributed by atoms with Gasteiger partial charge in [-0.3, -0.25) is 0 Å². The molecule has 0 fully saturated rings. The Morgan fingerprint density at radius 3 is 1.79 bits per heavy atom. The van der Waals surface area contributed by atoms with E-state index in [9.17, 15) is 0 Å². The van der Waals surface area contributed by atoms with Crippen molar-refractivity contribution in [2.24, 2.45) is 0 Å². The predicted octanol–water partition coefficient (Wildman–Crippen LogP) is 13.4. The summed E-state index contributed by atoms with van der Waals surface area (Å²) in [5.41, 5.74) is 13.5. The number of aromatic nitrogens is 1. The Kier molecular flexibility index (Phi) is 6.70. The van der Waals surface area contributed by atoms with E-state index in [1.807, 2.05) is 23.5 Å². The van der Waals surface area contributed by atoms with Gasteiger partial charge in [-0.2, -0.15) is 0 Å². The Morgan fingerprint density at radius 2 is 0.981 bits per heavy atom. The van der Waals surface area contributed by atoms with Gasteiger partial charge >= 0.3 is 0 Å². The van der Waals surface area contributed by atoms with E-state index in [4.69, 9.17) is 0 Å². The van der Waals surface area contributed by atoms with E-state index in [-0.39, 0.29) is 0 Å². The first-order valence-corrected chi connectivity index (χ1v) is 19.4. The lowest BCUT2D eigenvalue weighted by Crippen LogP contribution is -2.37. The summed E-state index contributed by atoms with van der Waals surface area (Å²) < 4.78 is 2.42. The topological polar surface area (TPSA) is 4.93 Å². The standard InChI is InChI=1S/C49H31NS2/c1-3-15-32(16-4-1)35-20-14-28-46-47(35)49(39-22-8-11-26-44(39)51-46)40-23-9-12-27-45(40)52-48-36(21-13-24-41(48)49)33-29-30-38-37-19-7-10-25-42(37)50(43(38)31-33)34-17-5-2-6-18-34/h1-31H. The number of nitrogens with zero attached hydrogens (tertiary/aromatic N) is 1. The minimum atomic E-state index is -0.514. The fourth-order valence-electron chi connectivity index (χ4n) is 8.82. The van der Waals surface area contributed by atoms with Crippen LogP contribution >= 0.6 is 23.5 Å². The number of benzene rings is 8. The Hall–Kier alpha value is -5.74. The van der Waals surface area contributed by atoms with Crippen LogP contribution in [0, 0.1) is 0 Å². The van der Waals surface area contributed by atoms with Crippen molar-refractivity contribution in [3.63, 3.8) is 0 Å². The Labute approximate surface area is 311 Å². The highest BCUT2D eigenvalue weighted by Crippen LogP contribution is 2.64. The molecule has 0 bridgehead atoms. The zero-order chi connectivity index (χ0) is 34.2. The van der Waals surface area contributed by atoms with Crippen molar-refractivity contribution in [3.8, 4) is 27.9 Å². The van der Waals surface area contributed by atoms with Gasteiger partial charge in [-0.05, 0) is 87.0 Å². The van der Waals surface area contributed by atoms with Gasteiger partial charge in [0, 0.05) is 36.0 Å². The molecule has 0 saturated heterocycles. The first kappa shape index (κ1) is 29.9. The minimum absolute atomic E-state index is 0.514. The molecule has 11 rings (SSSR count). The minimum Gasteiger partial charge on any atom is -0.309 e. The maximum atomic E-state index is 2.42. The van der Waals surface area contributed by atoms with Gasteiger partial charge in [0.15, 0.2) is 0 Å². The highest BCUT2D eigenvalue weighted by molar-refractivity contribution is 8.00. The zero-order valence-electron chi connectivity index (χ0n) is 28.2. The third-order valence-corrected chi connectivity index (χ3v) is 13.3. The normalized spacial score (nSPS) is 15.6. The summed E-state index contributed by atoms with van der Waals surface area (Å²) in [6.07, 6.45) is 0. The van der Waals surface area contributed by atoms with E-state index in [1.54, 1.807) is 0 Å². The lowest BCUT2D eigenvalue weighted by atomic mass is 9.62. The smallest absolute Gasteiger partial charge is 0.0751 e. The summed E-state index contributed by atoms with van der Waals surface area (Å²) in [6.45, 7) is 0. The maximum absolute atomic E-state index is 2.42. The van der Waals surface area contributed by atoms with Crippen LogP contribution in [0.1, 0.15) is 22.3 Å². The lowest BCUT2D eigenvalue weighted by Gasteiger charge is -2.47. The molecule has 0 radical (unpaired) electrons. The number of hydrogen-bond acceptors (Lipinski definition) is 2. The van der Waals surface area contributed by atoms with Gasteiger partial charge in [0.25, 0.3) is 0 Å². The van der Waals surface area contributed by atoms with E-state index in [2.05, 4.69) is 193 Å². The molecule has 3 heterocycles. The van der Waals surface area contributed by atoms with Crippen molar-refractivity contribution in [2.75, 3.05) is 0 Å². The van der Waals surface area contributed by atoms with Crippen molar-refractivity contribution in [1.29, 1.82) is 0 Å². The number of rotatable bonds is 3. The van der Waals surface area contributed by atoms with Gasteiger partial charge in [-0.15, -0.1) is 0 Å². The van der Waals surface area contributed by atoms with Crippen molar-refractivity contribution < 1.29 is 0 Å². The van der Waals surface area contributed by atoms with E-state index >= 15 is 0 Å². The van der Waals surface area contributed by atoms with E-state index in [0.717, 1.165) is 0 Å². The van der Waals surface area contributed by atoms with Crippen molar-refractivity contribution in [3.05, 3.63) is 210 Å². The van der Waals surface area contributed by atoms with Crippen LogP contribution in [0.15, 0.2) is 208 Å². The average molecular weight is 698 g/mol. The summed E-state index contributed by atoms with van der Waals surface area (Å²) in [7, 11) is 0. The van der Waals surface area contributed by atoms with Gasteiger partial charge in [0.2, 0.25) is 0 Å². The molecule has 8 aromatic carbocycles. The molecule has 1 spiro atoms. The van der Waals surface area contributed by atoms with E-state index in [0.29, 0.717) is 0 Å². The molecule has 9 aromatic rings. The van der Waals surface area contributed by atoms with Crippen LogP contribution < -0.4 is 0 Å². The fourth-order valence-corrected chi connectivity index (χ4v) is 11.4. The third kappa shape index (κ3) is 4.21. The quantitative estimate of drug-likeness (QED) is 0.181. The molecule has 3 heteroatoms. The molecule has 2 aliphatic heterocycles. The highest BCUT2D eigenvalue weighted by atomic mass is 32.2. The molecule has 244 valence electrons. The van der Waals surface area contributed by atoms with Crippen LogP contribution in [-0.4, -0.2) is 4.57 Å². The molecule has 0 aliphatic carbocycles. The zero-order valence-corrected chi connectivity index (χ0v) is 29.8. The summed E-state index contributed by atoms with van der Waals surface area (Å²) in [6, 6.07) is 69.7. The van der Waals surface area contributed by atoms with Gasteiger partial charge in [0.05, 0.1) is 16.4 Å². The molecule has 52 heavy (non-hydrogen) atoms. The molecule has 1 aromatic heterocycles. The van der Waals surface area contributed by atoms with Gasteiger partial charge < -0.3 is 4.57 Å². The molecule has 1 unspecified atom stereocenters. The average Bonchev–Trinajstić information content (AvgIpc) is 3.54. The van der Waals surface area contributed by atoms with Crippen molar-refractivity contribution in [1.82, 2.24) is 4.57 Å². The second-order valence-corrected chi connectivity index (χ2v) is 15.7. The van der Waals surface area contributed by atoms with E-state index in [1.165, 1.54) is 91.6 Å². The van der Waals surface area contributed by atoms with Crippen LogP contribution in [0.5, 0.6) is 0 Å². The van der Waals surface area contributed by atoms with Crippen LogP contribution in [-0.2, 0) is 5.41 Å². The fraction of sp³-hybridized carbons (Fsp3) is 0.0204. The van der Waals surface area contributed by atoms with Crippen LogP contribution in [0.3, 0.4) is 0 Å². The molecular weight excluding hydrogens is 667 g/mol. The predicted molar refractivity (Wildman–Crippen MR) is 218 cm³/mol. The summed E-state index contributed by atoms with van der Waals surface area (Å²) in [5, 5.41) is 2.54. The van der Waals surface area contributed by atoms with E-state index < -0.39 is 5.41 Å². The van der Waals surface area contributed by atoms with Gasteiger partial charge in [-0.1, -0.05) is 169 Å². The first-order valence-electron chi connectivity index (χ1n) is 17.8. The largest absolute Gasteiger partial charge is 0.309 e. The number of para-hydroxylation sites is 2. The lowest BCUT2D eigenvalue weighted by molar-refractivity contribution is 0.669.